The van der Waals surface area contributed by atoms with Crippen LogP contribution in [-0.2, 0) is 14.3 Å². The molecule has 1 N–H and O–H groups in total. The summed E-state index contributed by atoms with van der Waals surface area (Å²) in [6, 6.07) is 2.10. The van der Waals surface area contributed by atoms with Crippen LogP contribution in [0.3, 0.4) is 0 Å². The van der Waals surface area contributed by atoms with Crippen molar-refractivity contribution >= 4 is 6.29 Å². The molecule has 17 heavy (non-hydrogen) atoms. The molecule has 5 heteroatoms. The second-order valence-electron chi connectivity index (χ2n) is 4.74. The molecule has 5 nitrogen and oxygen atoms in total. The highest BCUT2D eigenvalue weighted by molar-refractivity contribution is 5.57. The van der Waals surface area contributed by atoms with Crippen LogP contribution >= 0.6 is 0 Å². The second-order valence-corrected chi connectivity index (χ2v) is 4.74. The molecule has 0 spiro atoms. The Labute approximate surface area is 100 Å². The summed E-state index contributed by atoms with van der Waals surface area (Å²) in [6.45, 7) is -0.134. The molecule has 94 valence electrons. The number of hydrogen-bond donors (Lipinski definition) is 1. The van der Waals surface area contributed by atoms with Crippen LogP contribution in [0.4, 0.5) is 0 Å². The topological polar surface area (TPSA) is 79.5 Å². The number of rotatable bonds is 4. The van der Waals surface area contributed by atoms with Gasteiger partial charge < -0.3 is 19.4 Å². The third-order valence-electron chi connectivity index (χ3n) is 3.62. The van der Waals surface area contributed by atoms with Crippen molar-refractivity contribution in [2.45, 2.75) is 56.0 Å². The van der Waals surface area contributed by atoms with Gasteiger partial charge in [0.1, 0.15) is 18.0 Å². The van der Waals surface area contributed by atoms with E-state index in [0.29, 0.717) is 19.3 Å². The first kappa shape index (κ1) is 12.5. The Morgan fingerprint density at radius 3 is 3.00 bits per heavy atom. The van der Waals surface area contributed by atoms with E-state index in [4.69, 9.17) is 14.7 Å². The van der Waals surface area contributed by atoms with E-state index in [-0.39, 0.29) is 18.8 Å². The smallest absolute Gasteiger partial charge is 0.148 e. The Morgan fingerprint density at radius 1 is 1.53 bits per heavy atom. The van der Waals surface area contributed by atoms with Gasteiger partial charge in [-0.2, -0.15) is 5.26 Å². The van der Waals surface area contributed by atoms with Gasteiger partial charge >= 0.3 is 0 Å². The Morgan fingerprint density at radius 2 is 2.35 bits per heavy atom. The molecule has 0 aromatic carbocycles. The van der Waals surface area contributed by atoms with E-state index >= 15 is 0 Å². The lowest BCUT2D eigenvalue weighted by atomic mass is 9.86. The molecule has 2 saturated heterocycles. The van der Waals surface area contributed by atoms with Crippen molar-refractivity contribution in [2.75, 3.05) is 6.61 Å². The first-order chi connectivity index (χ1) is 8.24. The Hall–Kier alpha value is -0.960. The molecule has 0 aromatic rings. The van der Waals surface area contributed by atoms with Gasteiger partial charge in [0, 0.05) is 12.8 Å². The first-order valence-electron chi connectivity index (χ1n) is 6.00. The quantitative estimate of drug-likeness (QED) is 0.725. The maximum atomic E-state index is 10.8. The van der Waals surface area contributed by atoms with Crippen molar-refractivity contribution in [1.29, 1.82) is 5.26 Å². The third kappa shape index (κ3) is 2.34. The molecule has 2 fully saturated rings. The maximum Gasteiger partial charge on any atom is 0.148 e. The minimum absolute atomic E-state index is 0.00736. The summed E-state index contributed by atoms with van der Waals surface area (Å²) in [7, 11) is 0. The van der Waals surface area contributed by atoms with E-state index in [9.17, 15) is 9.90 Å². The van der Waals surface area contributed by atoms with Crippen molar-refractivity contribution in [2.24, 2.45) is 0 Å². The summed E-state index contributed by atoms with van der Waals surface area (Å²) in [5.74, 6) is 0. The normalized spacial score (nSPS) is 40.6. The number of aliphatic hydroxyl groups is 1. The summed E-state index contributed by atoms with van der Waals surface area (Å²) < 4.78 is 11.4. The van der Waals surface area contributed by atoms with Crippen LogP contribution in [0.2, 0.25) is 0 Å². The van der Waals surface area contributed by atoms with Gasteiger partial charge in [0.15, 0.2) is 0 Å². The number of hydrogen-bond acceptors (Lipinski definition) is 5. The standard InChI is InChI=1S/C12H17NO4/c13-5-1-2-9-3-4-11-12(8-15,17-9)6-10(7-14)16-11/h7,9-11,15H,1-4,6,8H2. The number of nitrogens with zero attached hydrogens (tertiary/aromatic N) is 1. The van der Waals surface area contributed by atoms with Gasteiger partial charge in [-0.25, -0.2) is 0 Å². The predicted molar refractivity (Wildman–Crippen MR) is 58.1 cm³/mol. The number of ether oxygens (including phenoxy) is 2. The van der Waals surface area contributed by atoms with Crippen molar-refractivity contribution in [3.05, 3.63) is 0 Å². The van der Waals surface area contributed by atoms with E-state index in [1.807, 2.05) is 0 Å². The zero-order chi connectivity index (χ0) is 12.3. The van der Waals surface area contributed by atoms with E-state index in [1.165, 1.54) is 0 Å². The average Bonchev–Trinajstić information content (AvgIpc) is 2.74. The van der Waals surface area contributed by atoms with Crippen molar-refractivity contribution in [3.63, 3.8) is 0 Å². The van der Waals surface area contributed by atoms with Crippen LogP contribution in [0.25, 0.3) is 0 Å². The van der Waals surface area contributed by atoms with E-state index in [0.717, 1.165) is 19.1 Å². The van der Waals surface area contributed by atoms with Crippen LogP contribution in [0.1, 0.15) is 32.1 Å². The highest BCUT2D eigenvalue weighted by Gasteiger charge is 2.52. The van der Waals surface area contributed by atoms with Crippen molar-refractivity contribution in [1.82, 2.24) is 0 Å². The second kappa shape index (κ2) is 5.13. The molecule has 0 bridgehead atoms. The lowest BCUT2D eigenvalue weighted by Gasteiger charge is -2.40. The van der Waals surface area contributed by atoms with Crippen LogP contribution in [-0.4, -0.2) is 41.9 Å². The van der Waals surface area contributed by atoms with Gasteiger partial charge in [0.2, 0.25) is 0 Å². The fourth-order valence-electron chi connectivity index (χ4n) is 2.75. The molecule has 0 aromatic heterocycles. The highest BCUT2D eigenvalue weighted by atomic mass is 16.6. The molecule has 2 rings (SSSR count). The largest absolute Gasteiger partial charge is 0.393 e. The molecule has 2 heterocycles. The molecule has 0 aliphatic carbocycles. The maximum absolute atomic E-state index is 10.8. The van der Waals surface area contributed by atoms with Crippen LogP contribution in [0, 0.1) is 11.3 Å². The van der Waals surface area contributed by atoms with Crippen molar-refractivity contribution in [3.8, 4) is 6.07 Å². The summed E-state index contributed by atoms with van der Waals surface area (Å²) >= 11 is 0. The number of carbonyl (C=O) groups excluding carboxylic acids is 1. The summed E-state index contributed by atoms with van der Waals surface area (Å²) in [5, 5.41) is 18.1. The molecule has 2 aliphatic rings. The van der Waals surface area contributed by atoms with Crippen LogP contribution in [0.15, 0.2) is 0 Å². The molecule has 0 saturated carbocycles. The number of nitriles is 1. The monoisotopic (exact) mass is 239 g/mol. The highest BCUT2D eigenvalue weighted by Crippen LogP contribution is 2.41. The summed E-state index contributed by atoms with van der Waals surface area (Å²) in [6.07, 6.45) is 3.24. The van der Waals surface area contributed by atoms with Gasteiger partial charge in [0.25, 0.3) is 0 Å². The molecule has 4 unspecified atom stereocenters. The zero-order valence-electron chi connectivity index (χ0n) is 9.67. The van der Waals surface area contributed by atoms with E-state index < -0.39 is 11.7 Å². The number of carbonyl (C=O) groups is 1. The minimum atomic E-state index is -0.732. The molecular formula is C12H17NO4. The first-order valence-corrected chi connectivity index (χ1v) is 6.00. The Bertz CT molecular complexity index is 327. The average molecular weight is 239 g/mol. The van der Waals surface area contributed by atoms with Gasteiger partial charge in [-0.1, -0.05) is 0 Å². The lowest BCUT2D eigenvalue weighted by Crippen LogP contribution is -2.51. The Kier molecular flexibility index (Phi) is 3.77. The molecule has 4 atom stereocenters. The third-order valence-corrected chi connectivity index (χ3v) is 3.62. The molecule has 0 amide bonds. The fraction of sp³-hybridized carbons (Fsp3) is 0.833. The van der Waals surface area contributed by atoms with Gasteiger partial charge in [-0.05, 0) is 19.3 Å². The number of aliphatic hydroxyl groups excluding tert-OH is 1. The van der Waals surface area contributed by atoms with Gasteiger partial charge in [0.05, 0.1) is 24.9 Å². The zero-order valence-corrected chi connectivity index (χ0v) is 9.67. The van der Waals surface area contributed by atoms with E-state index in [2.05, 4.69) is 6.07 Å². The van der Waals surface area contributed by atoms with E-state index in [1.54, 1.807) is 0 Å². The van der Waals surface area contributed by atoms with Crippen LogP contribution < -0.4 is 0 Å². The van der Waals surface area contributed by atoms with Gasteiger partial charge in [-0.15, -0.1) is 0 Å². The summed E-state index contributed by atoms with van der Waals surface area (Å²) in [5.41, 5.74) is -0.732. The fourth-order valence-corrected chi connectivity index (χ4v) is 2.75. The van der Waals surface area contributed by atoms with Crippen molar-refractivity contribution < 1.29 is 19.4 Å². The SMILES string of the molecule is N#CCCC1CCC2OC(C=O)CC2(CO)O1. The summed E-state index contributed by atoms with van der Waals surface area (Å²) in [4.78, 5) is 10.8. The number of fused-ring (bicyclic) bond motifs is 1. The molecule has 0 radical (unpaired) electrons. The molecular weight excluding hydrogens is 222 g/mol. The predicted octanol–water partition coefficient (Wildman–Crippen LogP) is 0.557. The number of aldehydes is 1. The molecule has 2 aliphatic heterocycles. The minimum Gasteiger partial charge on any atom is -0.393 e. The lowest BCUT2D eigenvalue weighted by molar-refractivity contribution is -0.183. The van der Waals surface area contributed by atoms with Gasteiger partial charge in [-0.3, -0.25) is 0 Å². The van der Waals surface area contributed by atoms with Crippen LogP contribution in [0.5, 0.6) is 0 Å². The Balaban J connectivity index is 2.03.